The van der Waals surface area contributed by atoms with Crippen molar-refractivity contribution >= 4 is 5.91 Å². The van der Waals surface area contributed by atoms with Crippen LogP contribution in [0.2, 0.25) is 0 Å². The second kappa shape index (κ2) is 5.87. The third-order valence-electron chi connectivity index (χ3n) is 2.24. The largest absolute Gasteiger partial charge is 0.353 e. The molecule has 2 aromatic heterocycles. The summed E-state index contributed by atoms with van der Waals surface area (Å²) in [4.78, 5) is 11.6. The standard InChI is InChI=1S/C9H14N8O/c10-5-8-6-17(15-13-8)7-9(18)11-1-3-16-4-2-12-14-16/h2,4,6H,1,3,5,7,10H2,(H,11,18). The first-order chi connectivity index (χ1) is 8.78. The Balaban J connectivity index is 1.71. The molecule has 0 atom stereocenters. The first kappa shape index (κ1) is 12.2. The van der Waals surface area contributed by atoms with Crippen molar-refractivity contribution in [1.82, 2.24) is 35.3 Å². The first-order valence-corrected chi connectivity index (χ1v) is 5.48. The van der Waals surface area contributed by atoms with Crippen LogP contribution in [0.3, 0.4) is 0 Å². The van der Waals surface area contributed by atoms with E-state index >= 15 is 0 Å². The lowest BCUT2D eigenvalue weighted by molar-refractivity contribution is -0.121. The van der Waals surface area contributed by atoms with Gasteiger partial charge >= 0.3 is 0 Å². The number of rotatable bonds is 6. The first-order valence-electron chi connectivity index (χ1n) is 5.48. The minimum Gasteiger partial charge on any atom is -0.353 e. The highest BCUT2D eigenvalue weighted by molar-refractivity contribution is 5.75. The number of nitrogens with two attached hydrogens (primary N) is 1. The number of nitrogens with zero attached hydrogens (tertiary/aromatic N) is 6. The highest BCUT2D eigenvalue weighted by Gasteiger charge is 2.04. The quantitative estimate of drug-likeness (QED) is 0.621. The predicted molar refractivity (Wildman–Crippen MR) is 60.9 cm³/mol. The maximum Gasteiger partial charge on any atom is 0.241 e. The Labute approximate surface area is 103 Å². The van der Waals surface area contributed by atoms with Crippen LogP contribution >= 0.6 is 0 Å². The SMILES string of the molecule is NCc1cn(CC(=O)NCCn2ccnn2)nn1. The number of hydrogen-bond acceptors (Lipinski definition) is 6. The van der Waals surface area contributed by atoms with E-state index in [9.17, 15) is 4.79 Å². The molecule has 3 N–H and O–H groups in total. The molecule has 0 fully saturated rings. The zero-order valence-corrected chi connectivity index (χ0v) is 9.73. The Morgan fingerprint density at radius 2 is 2.28 bits per heavy atom. The van der Waals surface area contributed by atoms with E-state index in [1.54, 1.807) is 23.3 Å². The van der Waals surface area contributed by atoms with Crippen molar-refractivity contribution in [1.29, 1.82) is 0 Å². The van der Waals surface area contributed by atoms with Gasteiger partial charge in [-0.2, -0.15) is 0 Å². The highest BCUT2D eigenvalue weighted by Crippen LogP contribution is 1.90. The molecule has 0 spiro atoms. The summed E-state index contributed by atoms with van der Waals surface area (Å²) in [5.74, 6) is -0.136. The molecule has 0 aromatic carbocycles. The van der Waals surface area contributed by atoms with Crippen LogP contribution in [0, 0.1) is 0 Å². The van der Waals surface area contributed by atoms with Gasteiger partial charge in [-0.25, -0.2) is 4.68 Å². The molecule has 0 saturated heterocycles. The Kier molecular flexibility index (Phi) is 3.97. The molecule has 0 bridgehead atoms. The lowest BCUT2D eigenvalue weighted by Crippen LogP contribution is -2.30. The van der Waals surface area contributed by atoms with Crippen LogP contribution in [0.4, 0.5) is 0 Å². The van der Waals surface area contributed by atoms with E-state index in [2.05, 4.69) is 25.9 Å². The van der Waals surface area contributed by atoms with Crippen LogP contribution in [0.15, 0.2) is 18.6 Å². The van der Waals surface area contributed by atoms with Crippen LogP contribution in [0.1, 0.15) is 5.69 Å². The Morgan fingerprint density at radius 3 is 2.94 bits per heavy atom. The van der Waals surface area contributed by atoms with E-state index in [1.165, 1.54) is 4.68 Å². The molecule has 2 rings (SSSR count). The molecule has 0 aliphatic heterocycles. The van der Waals surface area contributed by atoms with Gasteiger partial charge in [-0.15, -0.1) is 10.2 Å². The van der Waals surface area contributed by atoms with Crippen molar-refractivity contribution in [3.63, 3.8) is 0 Å². The molecule has 0 unspecified atom stereocenters. The summed E-state index contributed by atoms with van der Waals surface area (Å²) >= 11 is 0. The van der Waals surface area contributed by atoms with Crippen LogP contribution < -0.4 is 11.1 Å². The molecule has 0 aliphatic carbocycles. The van der Waals surface area contributed by atoms with Crippen molar-refractivity contribution < 1.29 is 4.79 Å². The maximum atomic E-state index is 11.6. The van der Waals surface area contributed by atoms with E-state index < -0.39 is 0 Å². The van der Waals surface area contributed by atoms with Crippen molar-refractivity contribution in [3.8, 4) is 0 Å². The Hall–Kier alpha value is -2.29. The van der Waals surface area contributed by atoms with Gasteiger partial charge in [0.1, 0.15) is 6.54 Å². The lowest BCUT2D eigenvalue weighted by Gasteiger charge is -2.04. The van der Waals surface area contributed by atoms with Gasteiger partial charge in [-0.1, -0.05) is 10.4 Å². The molecule has 1 amide bonds. The number of nitrogens with one attached hydrogen (secondary N) is 1. The van der Waals surface area contributed by atoms with Crippen molar-refractivity contribution in [2.75, 3.05) is 6.54 Å². The third kappa shape index (κ3) is 3.35. The second-order valence-corrected chi connectivity index (χ2v) is 3.63. The Bertz CT molecular complexity index is 490. The van der Waals surface area contributed by atoms with Gasteiger partial charge in [-0.3, -0.25) is 9.48 Å². The van der Waals surface area contributed by atoms with Crippen molar-refractivity contribution in [3.05, 3.63) is 24.3 Å². The van der Waals surface area contributed by atoms with E-state index in [4.69, 9.17) is 5.73 Å². The molecule has 9 nitrogen and oxygen atoms in total. The molecular formula is C9H14N8O. The van der Waals surface area contributed by atoms with Gasteiger partial charge in [0, 0.05) is 19.3 Å². The lowest BCUT2D eigenvalue weighted by atomic mass is 10.5. The van der Waals surface area contributed by atoms with Crippen molar-refractivity contribution in [2.45, 2.75) is 19.6 Å². The Morgan fingerprint density at radius 1 is 1.39 bits per heavy atom. The molecule has 18 heavy (non-hydrogen) atoms. The van der Waals surface area contributed by atoms with Gasteiger partial charge in [0.05, 0.1) is 24.6 Å². The third-order valence-corrected chi connectivity index (χ3v) is 2.24. The topological polar surface area (TPSA) is 117 Å². The van der Waals surface area contributed by atoms with Crippen LogP contribution in [0.25, 0.3) is 0 Å². The summed E-state index contributed by atoms with van der Waals surface area (Å²) in [5.41, 5.74) is 6.05. The van der Waals surface area contributed by atoms with E-state index in [0.29, 0.717) is 25.3 Å². The maximum absolute atomic E-state index is 11.6. The average Bonchev–Trinajstić information content (AvgIpc) is 3.00. The summed E-state index contributed by atoms with van der Waals surface area (Å²) in [7, 11) is 0. The molecule has 0 radical (unpaired) electrons. The fourth-order valence-corrected chi connectivity index (χ4v) is 1.37. The number of carbonyl (C=O) groups is 1. The zero-order valence-electron chi connectivity index (χ0n) is 9.73. The molecular weight excluding hydrogens is 236 g/mol. The molecule has 2 aromatic rings. The second-order valence-electron chi connectivity index (χ2n) is 3.63. The van der Waals surface area contributed by atoms with Crippen LogP contribution in [-0.4, -0.2) is 42.4 Å². The molecule has 9 heteroatoms. The van der Waals surface area contributed by atoms with E-state index in [0.717, 1.165) is 0 Å². The minimum absolute atomic E-state index is 0.129. The smallest absolute Gasteiger partial charge is 0.241 e. The molecule has 0 aliphatic rings. The number of carbonyl (C=O) groups excluding carboxylic acids is 1. The van der Waals surface area contributed by atoms with Crippen LogP contribution in [-0.2, 0) is 24.4 Å². The molecule has 96 valence electrons. The predicted octanol–water partition coefficient (Wildman–Crippen LogP) is -1.86. The normalized spacial score (nSPS) is 10.5. The van der Waals surface area contributed by atoms with Gasteiger partial charge in [0.25, 0.3) is 0 Å². The average molecular weight is 250 g/mol. The van der Waals surface area contributed by atoms with E-state index in [-0.39, 0.29) is 12.5 Å². The fraction of sp³-hybridized carbons (Fsp3) is 0.444. The summed E-state index contributed by atoms with van der Waals surface area (Å²) in [5, 5.41) is 17.8. The monoisotopic (exact) mass is 250 g/mol. The number of amides is 1. The van der Waals surface area contributed by atoms with Crippen LogP contribution in [0.5, 0.6) is 0 Å². The zero-order chi connectivity index (χ0) is 12.8. The number of aromatic nitrogens is 6. The van der Waals surface area contributed by atoms with Gasteiger partial charge in [0.15, 0.2) is 0 Å². The molecule has 2 heterocycles. The molecule has 0 saturated carbocycles. The number of hydrogen-bond donors (Lipinski definition) is 2. The summed E-state index contributed by atoms with van der Waals surface area (Å²) < 4.78 is 3.09. The van der Waals surface area contributed by atoms with Crippen molar-refractivity contribution in [2.24, 2.45) is 5.73 Å². The van der Waals surface area contributed by atoms with Gasteiger partial charge < -0.3 is 11.1 Å². The summed E-state index contributed by atoms with van der Waals surface area (Å²) in [6, 6.07) is 0. The van der Waals surface area contributed by atoms with E-state index in [1.807, 2.05) is 0 Å². The highest BCUT2D eigenvalue weighted by atomic mass is 16.2. The van der Waals surface area contributed by atoms with Gasteiger partial charge in [0.2, 0.25) is 5.91 Å². The summed E-state index contributed by atoms with van der Waals surface area (Å²) in [6.45, 7) is 1.51. The fourth-order valence-electron chi connectivity index (χ4n) is 1.37. The van der Waals surface area contributed by atoms with Gasteiger partial charge in [-0.05, 0) is 0 Å². The summed E-state index contributed by atoms with van der Waals surface area (Å²) in [6.07, 6.45) is 4.97. The minimum atomic E-state index is -0.136.